The van der Waals surface area contributed by atoms with Gasteiger partial charge >= 0.3 is 0 Å². The number of hydrogen-bond donors (Lipinski definition) is 0. The third kappa shape index (κ3) is 2.18. The van der Waals surface area contributed by atoms with Gasteiger partial charge in [-0.05, 0) is 53.2 Å². The van der Waals surface area contributed by atoms with E-state index in [1.807, 2.05) is 12.1 Å². The number of carbonyl (C=O) groups is 1. The smallest absolute Gasteiger partial charge is 0.254 e. The van der Waals surface area contributed by atoms with Crippen molar-refractivity contribution in [3.05, 3.63) is 28.5 Å². The SMILES string of the molecule is O=C(c1ccnc(Br)c1)N1CCC2CCCCC21. The molecule has 1 aliphatic heterocycles. The summed E-state index contributed by atoms with van der Waals surface area (Å²) >= 11 is 3.33. The lowest BCUT2D eigenvalue weighted by atomic mass is 9.85. The van der Waals surface area contributed by atoms with Gasteiger partial charge in [-0.15, -0.1) is 0 Å². The van der Waals surface area contributed by atoms with Crippen LogP contribution in [0.1, 0.15) is 42.5 Å². The van der Waals surface area contributed by atoms with Gasteiger partial charge in [-0.1, -0.05) is 12.8 Å². The highest BCUT2D eigenvalue weighted by Gasteiger charge is 2.38. The van der Waals surface area contributed by atoms with Gasteiger partial charge in [-0.25, -0.2) is 4.98 Å². The van der Waals surface area contributed by atoms with Crippen LogP contribution in [0.3, 0.4) is 0 Å². The summed E-state index contributed by atoms with van der Waals surface area (Å²) in [6.45, 7) is 0.925. The quantitative estimate of drug-likeness (QED) is 0.746. The standard InChI is InChI=1S/C14H17BrN2O/c15-13-9-11(5-7-16-13)14(18)17-8-6-10-3-1-2-4-12(10)17/h5,7,9-10,12H,1-4,6,8H2. The maximum Gasteiger partial charge on any atom is 0.254 e. The third-order valence-electron chi connectivity index (χ3n) is 4.24. The van der Waals surface area contributed by atoms with E-state index in [4.69, 9.17) is 0 Å². The minimum Gasteiger partial charge on any atom is -0.335 e. The van der Waals surface area contributed by atoms with Crippen molar-refractivity contribution in [2.75, 3.05) is 6.54 Å². The lowest BCUT2D eigenvalue weighted by Gasteiger charge is -2.31. The van der Waals surface area contributed by atoms with Gasteiger partial charge in [0.1, 0.15) is 4.60 Å². The zero-order valence-corrected chi connectivity index (χ0v) is 11.9. The minimum atomic E-state index is 0.174. The van der Waals surface area contributed by atoms with Crippen LogP contribution in [-0.4, -0.2) is 28.4 Å². The Hall–Kier alpha value is -0.900. The molecule has 0 N–H and O–H groups in total. The molecule has 0 spiro atoms. The van der Waals surface area contributed by atoms with Crippen molar-refractivity contribution in [1.29, 1.82) is 0 Å². The molecule has 18 heavy (non-hydrogen) atoms. The van der Waals surface area contributed by atoms with Gasteiger partial charge in [0.15, 0.2) is 0 Å². The molecular formula is C14H17BrN2O. The molecule has 1 saturated carbocycles. The molecular weight excluding hydrogens is 292 g/mol. The summed E-state index contributed by atoms with van der Waals surface area (Å²) in [7, 11) is 0. The summed E-state index contributed by atoms with van der Waals surface area (Å²) in [5.41, 5.74) is 0.753. The molecule has 1 aliphatic carbocycles. The summed E-state index contributed by atoms with van der Waals surface area (Å²) < 4.78 is 0.729. The molecule has 0 bridgehead atoms. The molecule has 4 heteroatoms. The highest BCUT2D eigenvalue weighted by atomic mass is 79.9. The van der Waals surface area contributed by atoms with E-state index < -0.39 is 0 Å². The Balaban J connectivity index is 1.80. The van der Waals surface area contributed by atoms with Crippen molar-refractivity contribution >= 4 is 21.8 Å². The van der Waals surface area contributed by atoms with Crippen LogP contribution in [0.2, 0.25) is 0 Å². The molecule has 0 radical (unpaired) electrons. The number of aromatic nitrogens is 1. The topological polar surface area (TPSA) is 33.2 Å². The molecule has 0 aromatic carbocycles. The number of halogens is 1. The average molecular weight is 309 g/mol. The van der Waals surface area contributed by atoms with E-state index in [0.29, 0.717) is 6.04 Å². The van der Waals surface area contributed by atoms with E-state index in [1.165, 1.54) is 32.1 Å². The number of nitrogens with zero attached hydrogens (tertiary/aromatic N) is 2. The zero-order valence-electron chi connectivity index (χ0n) is 10.3. The van der Waals surface area contributed by atoms with Crippen molar-refractivity contribution in [2.45, 2.75) is 38.1 Å². The average Bonchev–Trinajstić information content (AvgIpc) is 2.82. The highest BCUT2D eigenvalue weighted by molar-refractivity contribution is 9.10. The molecule has 2 heterocycles. The second kappa shape index (κ2) is 5.00. The first-order valence-corrected chi connectivity index (χ1v) is 7.47. The van der Waals surface area contributed by atoms with Crippen LogP contribution >= 0.6 is 15.9 Å². The molecule has 2 atom stereocenters. The molecule has 96 valence electrons. The van der Waals surface area contributed by atoms with Gasteiger partial charge in [-0.2, -0.15) is 0 Å². The van der Waals surface area contributed by atoms with Crippen LogP contribution in [0.4, 0.5) is 0 Å². The Morgan fingerprint density at radius 1 is 1.33 bits per heavy atom. The zero-order chi connectivity index (χ0) is 12.5. The number of hydrogen-bond acceptors (Lipinski definition) is 2. The minimum absolute atomic E-state index is 0.174. The number of likely N-dealkylation sites (tertiary alicyclic amines) is 1. The molecule has 1 aromatic heterocycles. The molecule has 3 rings (SSSR count). The summed E-state index contributed by atoms with van der Waals surface area (Å²) in [4.78, 5) is 18.7. The molecule has 2 unspecified atom stereocenters. The van der Waals surface area contributed by atoms with Gasteiger partial charge in [-0.3, -0.25) is 4.79 Å². The third-order valence-corrected chi connectivity index (χ3v) is 4.68. The highest BCUT2D eigenvalue weighted by Crippen LogP contribution is 2.36. The fraction of sp³-hybridized carbons (Fsp3) is 0.571. The fourth-order valence-corrected chi connectivity index (χ4v) is 3.72. The Morgan fingerprint density at radius 3 is 3.00 bits per heavy atom. The first-order valence-electron chi connectivity index (χ1n) is 6.68. The van der Waals surface area contributed by atoms with Crippen LogP contribution in [0, 0.1) is 5.92 Å². The van der Waals surface area contributed by atoms with E-state index in [1.54, 1.807) is 6.20 Å². The van der Waals surface area contributed by atoms with E-state index in [0.717, 1.165) is 22.6 Å². The predicted molar refractivity (Wildman–Crippen MR) is 73.3 cm³/mol. The van der Waals surface area contributed by atoms with Crippen molar-refractivity contribution < 1.29 is 4.79 Å². The van der Waals surface area contributed by atoms with E-state index >= 15 is 0 Å². The van der Waals surface area contributed by atoms with Crippen LogP contribution in [0.25, 0.3) is 0 Å². The van der Waals surface area contributed by atoms with Crippen LogP contribution in [0.5, 0.6) is 0 Å². The molecule has 2 aliphatic rings. The molecule has 1 saturated heterocycles. The molecule has 3 nitrogen and oxygen atoms in total. The fourth-order valence-electron chi connectivity index (χ4n) is 3.36. The first kappa shape index (κ1) is 12.2. The Kier molecular flexibility index (Phi) is 3.37. The maximum absolute atomic E-state index is 12.5. The van der Waals surface area contributed by atoms with E-state index in [9.17, 15) is 4.79 Å². The Bertz CT molecular complexity index is 463. The second-order valence-corrected chi connectivity index (χ2v) is 6.08. The molecule has 1 aromatic rings. The Labute approximate surface area is 116 Å². The van der Waals surface area contributed by atoms with Crippen molar-refractivity contribution in [3.63, 3.8) is 0 Å². The van der Waals surface area contributed by atoms with Crippen molar-refractivity contribution in [1.82, 2.24) is 9.88 Å². The number of fused-ring (bicyclic) bond motifs is 1. The van der Waals surface area contributed by atoms with Crippen molar-refractivity contribution in [2.24, 2.45) is 5.92 Å². The van der Waals surface area contributed by atoms with Gasteiger partial charge in [0, 0.05) is 24.3 Å². The number of carbonyl (C=O) groups excluding carboxylic acids is 1. The monoisotopic (exact) mass is 308 g/mol. The number of pyridine rings is 1. The summed E-state index contributed by atoms with van der Waals surface area (Å²) in [6, 6.07) is 4.11. The largest absolute Gasteiger partial charge is 0.335 e. The lowest BCUT2D eigenvalue weighted by molar-refractivity contribution is 0.0690. The summed E-state index contributed by atoms with van der Waals surface area (Å²) in [6.07, 6.45) is 7.96. The Morgan fingerprint density at radius 2 is 2.17 bits per heavy atom. The van der Waals surface area contributed by atoms with Crippen LogP contribution < -0.4 is 0 Å². The number of amides is 1. The van der Waals surface area contributed by atoms with E-state index in [2.05, 4.69) is 25.8 Å². The molecule has 1 amide bonds. The van der Waals surface area contributed by atoms with Crippen molar-refractivity contribution in [3.8, 4) is 0 Å². The normalized spacial score (nSPS) is 27.1. The van der Waals surface area contributed by atoms with Gasteiger partial charge in [0.05, 0.1) is 0 Å². The lowest BCUT2D eigenvalue weighted by Crippen LogP contribution is -2.39. The number of rotatable bonds is 1. The van der Waals surface area contributed by atoms with E-state index in [-0.39, 0.29) is 5.91 Å². The predicted octanol–water partition coefficient (Wildman–Crippen LogP) is 3.25. The van der Waals surface area contributed by atoms with Crippen LogP contribution in [0.15, 0.2) is 22.9 Å². The maximum atomic E-state index is 12.5. The van der Waals surface area contributed by atoms with Crippen LogP contribution in [-0.2, 0) is 0 Å². The second-order valence-electron chi connectivity index (χ2n) is 5.27. The first-order chi connectivity index (χ1) is 8.75. The summed E-state index contributed by atoms with van der Waals surface area (Å²) in [5.74, 6) is 0.917. The summed E-state index contributed by atoms with van der Waals surface area (Å²) in [5, 5.41) is 0. The van der Waals surface area contributed by atoms with Gasteiger partial charge in [0.2, 0.25) is 0 Å². The molecule has 2 fully saturated rings. The van der Waals surface area contributed by atoms with Gasteiger partial charge < -0.3 is 4.90 Å². The van der Waals surface area contributed by atoms with Gasteiger partial charge in [0.25, 0.3) is 5.91 Å².